The van der Waals surface area contributed by atoms with Crippen LogP contribution in [0, 0.1) is 12.7 Å². The van der Waals surface area contributed by atoms with E-state index in [9.17, 15) is 9.18 Å². The molecule has 1 aromatic heterocycles. The highest BCUT2D eigenvalue weighted by Gasteiger charge is 2.28. The molecule has 0 spiro atoms. The molecule has 0 bridgehead atoms. The van der Waals surface area contributed by atoms with E-state index in [1.807, 2.05) is 24.3 Å². The number of morpholine rings is 1. The number of hydrogen-bond acceptors (Lipinski definition) is 6. The summed E-state index contributed by atoms with van der Waals surface area (Å²) in [4.78, 5) is 15.7. The van der Waals surface area contributed by atoms with Crippen molar-refractivity contribution in [1.82, 2.24) is 30.4 Å². The molecule has 1 aliphatic heterocycles. The maximum atomic E-state index is 13.4. The summed E-state index contributed by atoms with van der Waals surface area (Å²) in [6.07, 6.45) is 0.331. The minimum atomic E-state index is -0.671. The molecule has 1 fully saturated rings. The zero-order valence-electron chi connectivity index (χ0n) is 18.3. The van der Waals surface area contributed by atoms with Crippen molar-refractivity contribution >= 4 is 17.5 Å². The summed E-state index contributed by atoms with van der Waals surface area (Å²) in [5, 5.41) is 15.4. The lowest BCUT2D eigenvalue weighted by molar-refractivity contribution is -0.125. The van der Waals surface area contributed by atoms with Crippen LogP contribution in [0.4, 0.5) is 4.39 Å². The Hall–Kier alpha value is -2.88. The van der Waals surface area contributed by atoms with E-state index < -0.39 is 6.04 Å². The van der Waals surface area contributed by atoms with Crippen molar-refractivity contribution in [2.24, 2.45) is 0 Å². The summed E-state index contributed by atoms with van der Waals surface area (Å²) in [6.45, 7) is 4.94. The van der Waals surface area contributed by atoms with E-state index in [1.165, 1.54) is 16.8 Å². The van der Waals surface area contributed by atoms with Crippen LogP contribution in [0.2, 0.25) is 5.02 Å². The molecular formula is C23H26ClFN6O2. The largest absolute Gasteiger partial charge is 0.379 e. The topological polar surface area (TPSA) is 85.2 Å². The first-order valence-corrected chi connectivity index (χ1v) is 11.2. The van der Waals surface area contributed by atoms with Crippen molar-refractivity contribution in [3.05, 3.63) is 76.3 Å². The third kappa shape index (κ3) is 5.93. The summed E-state index contributed by atoms with van der Waals surface area (Å²) in [5.41, 5.74) is 1.84. The van der Waals surface area contributed by atoms with Crippen LogP contribution < -0.4 is 5.32 Å². The molecule has 2 unspecified atom stereocenters. The second-order valence-electron chi connectivity index (χ2n) is 7.98. The molecule has 8 nitrogen and oxygen atoms in total. The molecule has 2 aromatic carbocycles. The highest BCUT2D eigenvalue weighted by molar-refractivity contribution is 6.30. The first-order chi connectivity index (χ1) is 16.0. The van der Waals surface area contributed by atoms with Gasteiger partial charge in [-0.2, -0.15) is 0 Å². The maximum absolute atomic E-state index is 13.4. The van der Waals surface area contributed by atoms with Gasteiger partial charge in [0.1, 0.15) is 17.7 Å². The Morgan fingerprint density at radius 2 is 1.97 bits per heavy atom. The van der Waals surface area contributed by atoms with Gasteiger partial charge in [-0.3, -0.25) is 9.69 Å². The van der Waals surface area contributed by atoms with Crippen LogP contribution in [0.1, 0.15) is 29.0 Å². The second kappa shape index (κ2) is 10.8. The molecular weight excluding hydrogens is 447 g/mol. The molecule has 1 saturated heterocycles. The zero-order valence-corrected chi connectivity index (χ0v) is 19.1. The van der Waals surface area contributed by atoms with Gasteiger partial charge in [-0.1, -0.05) is 35.9 Å². The molecule has 0 aliphatic carbocycles. The van der Waals surface area contributed by atoms with Crippen molar-refractivity contribution in [3.8, 4) is 0 Å². The van der Waals surface area contributed by atoms with E-state index in [0.29, 0.717) is 37.0 Å². The van der Waals surface area contributed by atoms with Crippen molar-refractivity contribution in [2.75, 3.05) is 32.8 Å². The van der Waals surface area contributed by atoms with Crippen molar-refractivity contribution in [3.63, 3.8) is 0 Å². The fraction of sp³-hybridized carbons (Fsp3) is 0.391. The first kappa shape index (κ1) is 23.3. The summed E-state index contributed by atoms with van der Waals surface area (Å²) in [7, 11) is 0. The minimum absolute atomic E-state index is 0.0574. The molecule has 10 heteroatoms. The fourth-order valence-corrected chi connectivity index (χ4v) is 4.23. The van der Waals surface area contributed by atoms with Gasteiger partial charge in [0.15, 0.2) is 0 Å². The number of ether oxygens (including phenoxy) is 1. The van der Waals surface area contributed by atoms with Crippen LogP contribution in [-0.2, 0) is 16.0 Å². The molecule has 4 rings (SSSR count). The van der Waals surface area contributed by atoms with Crippen molar-refractivity contribution < 1.29 is 13.9 Å². The molecule has 2 heterocycles. The lowest BCUT2D eigenvalue weighted by Gasteiger charge is -2.35. The first-order valence-electron chi connectivity index (χ1n) is 10.8. The molecule has 0 radical (unpaired) electrons. The Balaban J connectivity index is 1.53. The predicted octanol–water partition coefficient (Wildman–Crippen LogP) is 2.75. The van der Waals surface area contributed by atoms with Gasteiger partial charge < -0.3 is 10.1 Å². The third-order valence-corrected chi connectivity index (χ3v) is 6.02. The number of aromatic nitrogens is 4. The van der Waals surface area contributed by atoms with E-state index in [-0.39, 0.29) is 17.8 Å². The molecule has 1 N–H and O–H groups in total. The quantitative estimate of drug-likeness (QED) is 0.542. The second-order valence-corrected chi connectivity index (χ2v) is 8.42. The average molecular weight is 473 g/mol. The number of nitrogens with one attached hydrogen (secondary N) is 1. The number of carbonyl (C=O) groups excluding carboxylic acids is 1. The van der Waals surface area contributed by atoms with Gasteiger partial charge >= 0.3 is 0 Å². The Labute approximate surface area is 196 Å². The van der Waals surface area contributed by atoms with Crippen LogP contribution >= 0.6 is 11.6 Å². The van der Waals surface area contributed by atoms with Gasteiger partial charge in [-0.05, 0) is 52.7 Å². The number of hydrogen-bond donors (Lipinski definition) is 1. The van der Waals surface area contributed by atoms with Gasteiger partial charge in [-0.25, -0.2) is 9.07 Å². The molecule has 1 amide bonds. The number of nitrogens with zero attached hydrogens (tertiary/aromatic N) is 5. The van der Waals surface area contributed by atoms with Crippen LogP contribution in [0.25, 0.3) is 0 Å². The smallest absolute Gasteiger partial charge is 0.245 e. The van der Waals surface area contributed by atoms with Crippen molar-refractivity contribution in [1.29, 1.82) is 0 Å². The van der Waals surface area contributed by atoms with Crippen LogP contribution in [0.5, 0.6) is 0 Å². The minimum Gasteiger partial charge on any atom is -0.379 e. The standard InChI is InChI=1S/C23H26ClFN6O2/c1-16-27-28-29-31(16)21(13-17-5-7-20(25)8-6-17)23(32)26-15-22(30-9-11-33-12-10-30)18-3-2-4-19(24)14-18/h2-8,14,21-22H,9-13,15H2,1H3,(H,26,32). The van der Waals surface area contributed by atoms with Gasteiger partial charge in [0, 0.05) is 31.1 Å². The van der Waals surface area contributed by atoms with Crippen molar-refractivity contribution in [2.45, 2.75) is 25.4 Å². The summed E-state index contributed by atoms with van der Waals surface area (Å²) in [6, 6.07) is 13.0. The van der Waals surface area contributed by atoms with E-state index in [2.05, 4.69) is 25.7 Å². The lowest BCUT2D eigenvalue weighted by atomic mass is 10.0. The molecule has 33 heavy (non-hydrogen) atoms. The molecule has 3 aromatic rings. The number of rotatable bonds is 8. The maximum Gasteiger partial charge on any atom is 0.245 e. The molecule has 2 atom stereocenters. The Morgan fingerprint density at radius 3 is 2.64 bits per heavy atom. The van der Waals surface area contributed by atoms with E-state index in [1.54, 1.807) is 19.1 Å². The Morgan fingerprint density at radius 1 is 1.21 bits per heavy atom. The van der Waals surface area contributed by atoms with Gasteiger partial charge in [0.25, 0.3) is 0 Å². The van der Waals surface area contributed by atoms with E-state index >= 15 is 0 Å². The monoisotopic (exact) mass is 472 g/mol. The fourth-order valence-electron chi connectivity index (χ4n) is 4.04. The third-order valence-electron chi connectivity index (χ3n) is 5.79. The van der Waals surface area contributed by atoms with Gasteiger partial charge in [-0.15, -0.1) is 5.10 Å². The lowest BCUT2D eigenvalue weighted by Crippen LogP contribution is -2.45. The number of amides is 1. The molecule has 1 aliphatic rings. The Kier molecular flexibility index (Phi) is 7.64. The van der Waals surface area contributed by atoms with E-state index in [4.69, 9.17) is 16.3 Å². The number of carbonyl (C=O) groups is 1. The normalized spacial score (nSPS) is 16.3. The Bertz CT molecular complexity index is 1070. The SMILES string of the molecule is Cc1nnnn1C(Cc1ccc(F)cc1)C(=O)NCC(c1cccc(Cl)c1)N1CCOCC1. The summed E-state index contributed by atoms with van der Waals surface area (Å²) < 4.78 is 20.4. The number of aryl methyl sites for hydroxylation is 1. The van der Waals surface area contributed by atoms with Gasteiger partial charge in [0.05, 0.1) is 19.3 Å². The number of halogens is 2. The predicted molar refractivity (Wildman–Crippen MR) is 121 cm³/mol. The summed E-state index contributed by atoms with van der Waals surface area (Å²) in [5.74, 6) is -0.0138. The molecule has 174 valence electrons. The summed E-state index contributed by atoms with van der Waals surface area (Å²) >= 11 is 6.24. The van der Waals surface area contributed by atoms with Crippen LogP contribution in [0.3, 0.4) is 0 Å². The highest BCUT2D eigenvalue weighted by atomic mass is 35.5. The van der Waals surface area contributed by atoms with Gasteiger partial charge in [0.2, 0.25) is 5.91 Å². The zero-order chi connectivity index (χ0) is 23.2. The number of tetrazole rings is 1. The van der Waals surface area contributed by atoms with Crippen LogP contribution in [-0.4, -0.2) is 63.9 Å². The van der Waals surface area contributed by atoms with Crippen LogP contribution in [0.15, 0.2) is 48.5 Å². The van der Waals surface area contributed by atoms with E-state index in [0.717, 1.165) is 24.2 Å². The highest BCUT2D eigenvalue weighted by Crippen LogP contribution is 2.24. The molecule has 0 saturated carbocycles. The average Bonchev–Trinajstić information content (AvgIpc) is 3.25. The number of benzene rings is 2.